The summed E-state index contributed by atoms with van der Waals surface area (Å²) >= 11 is 6.15. The molecule has 1 aromatic heterocycles. The topological polar surface area (TPSA) is 79.0 Å². The Balaban J connectivity index is 1.39. The first-order valence-electron chi connectivity index (χ1n) is 9.10. The van der Waals surface area contributed by atoms with Gasteiger partial charge in [0.1, 0.15) is 11.4 Å². The van der Waals surface area contributed by atoms with Crippen LogP contribution in [0.25, 0.3) is 10.9 Å². The maximum atomic E-state index is 12.7. The number of nitrogens with zero attached hydrogens (tertiary/aromatic N) is 1. The van der Waals surface area contributed by atoms with E-state index in [0.717, 1.165) is 53.6 Å². The average Bonchev–Trinajstić information content (AvgIpc) is 3.09. The number of halogens is 1. The molecule has 2 amide bonds. The van der Waals surface area contributed by atoms with Gasteiger partial charge in [0.2, 0.25) is 0 Å². The van der Waals surface area contributed by atoms with Crippen LogP contribution in [-0.2, 0) is 0 Å². The zero-order valence-electron chi connectivity index (χ0n) is 14.6. The molecule has 0 radical (unpaired) electrons. The van der Waals surface area contributed by atoms with Crippen LogP contribution in [-0.4, -0.2) is 21.8 Å². The normalized spacial score (nSPS) is 19.8. The number of aromatic nitrogens is 2. The molecule has 2 aliphatic rings. The van der Waals surface area contributed by atoms with E-state index in [4.69, 9.17) is 16.3 Å². The second kappa shape index (κ2) is 6.16. The van der Waals surface area contributed by atoms with Crippen molar-refractivity contribution in [3.05, 3.63) is 53.2 Å². The standard InChI is InChI=1S/C20H19ClN4O2/c21-12-5-6-13-17(10-20(7-2-8-20)27-18(13)9-12)24-19(26)23-15-3-1-4-16-14(15)11-22-25-16/h1,3-6,9,11,17H,2,7-8,10H2,(H,22,25)(H2,23,24,26). The molecule has 138 valence electrons. The Morgan fingerprint density at radius 2 is 2.19 bits per heavy atom. The lowest BCUT2D eigenvalue weighted by Gasteiger charge is -2.48. The number of carbonyl (C=O) groups is 1. The van der Waals surface area contributed by atoms with Crippen molar-refractivity contribution < 1.29 is 9.53 Å². The number of nitrogens with one attached hydrogen (secondary N) is 3. The number of anilines is 1. The summed E-state index contributed by atoms with van der Waals surface area (Å²) in [4.78, 5) is 12.7. The van der Waals surface area contributed by atoms with Gasteiger partial charge in [-0.1, -0.05) is 23.7 Å². The molecule has 27 heavy (non-hydrogen) atoms. The van der Waals surface area contributed by atoms with Gasteiger partial charge in [0.25, 0.3) is 0 Å². The van der Waals surface area contributed by atoms with Crippen LogP contribution in [0.1, 0.15) is 37.3 Å². The number of hydrogen-bond acceptors (Lipinski definition) is 3. The zero-order chi connectivity index (χ0) is 18.4. The number of carbonyl (C=O) groups excluding carboxylic acids is 1. The molecule has 1 atom stereocenters. The minimum atomic E-state index is -0.244. The summed E-state index contributed by atoms with van der Waals surface area (Å²) in [6.07, 6.45) is 5.64. The van der Waals surface area contributed by atoms with Crippen molar-refractivity contribution in [3.63, 3.8) is 0 Å². The van der Waals surface area contributed by atoms with Crippen LogP contribution in [0.15, 0.2) is 42.6 Å². The van der Waals surface area contributed by atoms with Crippen LogP contribution >= 0.6 is 11.6 Å². The molecule has 1 saturated carbocycles. The maximum Gasteiger partial charge on any atom is 0.319 e. The Hall–Kier alpha value is -2.73. The van der Waals surface area contributed by atoms with Crippen molar-refractivity contribution in [3.8, 4) is 5.75 Å². The molecule has 7 heteroatoms. The average molecular weight is 383 g/mol. The molecule has 6 nitrogen and oxygen atoms in total. The SMILES string of the molecule is O=C(Nc1cccc2[nH]ncc12)NC1CC2(CCC2)Oc2cc(Cl)ccc21. The van der Waals surface area contributed by atoms with Crippen LogP contribution in [0, 0.1) is 0 Å². The molecule has 1 aliphatic heterocycles. The van der Waals surface area contributed by atoms with Crippen LogP contribution in [0.3, 0.4) is 0 Å². The Kier molecular flexibility index (Phi) is 3.75. The lowest BCUT2D eigenvalue weighted by molar-refractivity contribution is -0.0354. The molecular formula is C20H19ClN4O2. The minimum absolute atomic E-state index is 0.116. The van der Waals surface area contributed by atoms with E-state index in [-0.39, 0.29) is 17.7 Å². The molecule has 5 rings (SSSR count). The molecule has 1 unspecified atom stereocenters. The van der Waals surface area contributed by atoms with Gasteiger partial charge in [-0.2, -0.15) is 5.10 Å². The second-order valence-corrected chi connectivity index (χ2v) is 7.75. The highest BCUT2D eigenvalue weighted by molar-refractivity contribution is 6.30. The van der Waals surface area contributed by atoms with Gasteiger partial charge in [-0.25, -0.2) is 4.79 Å². The fraction of sp³-hybridized carbons (Fsp3) is 0.300. The molecule has 1 fully saturated rings. The number of ether oxygens (including phenoxy) is 1. The van der Waals surface area contributed by atoms with Crippen LogP contribution in [0.4, 0.5) is 10.5 Å². The third-order valence-electron chi connectivity index (χ3n) is 5.56. The summed E-state index contributed by atoms with van der Waals surface area (Å²) in [5.74, 6) is 0.774. The Morgan fingerprint density at radius 3 is 3.00 bits per heavy atom. The first kappa shape index (κ1) is 16.4. The number of fused-ring (bicyclic) bond motifs is 2. The van der Waals surface area contributed by atoms with Crippen LogP contribution in [0.2, 0.25) is 5.02 Å². The largest absolute Gasteiger partial charge is 0.487 e. The molecular weight excluding hydrogens is 364 g/mol. The third kappa shape index (κ3) is 2.90. The smallest absolute Gasteiger partial charge is 0.319 e. The van der Waals surface area contributed by atoms with Gasteiger partial charge in [-0.05, 0) is 43.5 Å². The summed E-state index contributed by atoms with van der Waals surface area (Å²) < 4.78 is 6.25. The highest BCUT2D eigenvalue weighted by Crippen LogP contribution is 2.49. The Bertz CT molecular complexity index is 1030. The third-order valence-corrected chi connectivity index (χ3v) is 5.79. The van der Waals surface area contributed by atoms with E-state index in [1.165, 1.54) is 0 Å². The summed E-state index contributed by atoms with van der Waals surface area (Å²) in [6.45, 7) is 0. The number of aromatic amines is 1. The fourth-order valence-corrected chi connectivity index (χ4v) is 4.20. The van der Waals surface area contributed by atoms with Crippen molar-refractivity contribution in [2.75, 3.05) is 5.32 Å². The van der Waals surface area contributed by atoms with E-state index in [2.05, 4.69) is 20.8 Å². The predicted molar refractivity (Wildman–Crippen MR) is 104 cm³/mol. The predicted octanol–water partition coefficient (Wildman–Crippen LogP) is 4.78. The van der Waals surface area contributed by atoms with Crippen molar-refractivity contribution in [2.45, 2.75) is 37.3 Å². The number of hydrogen-bond donors (Lipinski definition) is 3. The van der Waals surface area contributed by atoms with E-state index in [1.54, 1.807) is 6.20 Å². The molecule has 3 N–H and O–H groups in total. The Morgan fingerprint density at radius 1 is 1.30 bits per heavy atom. The minimum Gasteiger partial charge on any atom is -0.487 e. The highest BCUT2D eigenvalue weighted by Gasteiger charge is 2.46. The molecule has 1 aliphatic carbocycles. The summed E-state index contributed by atoms with van der Waals surface area (Å²) in [6, 6.07) is 10.9. The van der Waals surface area contributed by atoms with E-state index >= 15 is 0 Å². The highest BCUT2D eigenvalue weighted by atomic mass is 35.5. The van der Waals surface area contributed by atoms with Gasteiger partial charge in [0, 0.05) is 22.4 Å². The van der Waals surface area contributed by atoms with Gasteiger partial charge in [-0.3, -0.25) is 5.10 Å². The quantitative estimate of drug-likeness (QED) is 0.596. The van der Waals surface area contributed by atoms with Crippen LogP contribution in [0.5, 0.6) is 5.75 Å². The maximum absolute atomic E-state index is 12.7. The lowest BCUT2D eigenvalue weighted by atomic mass is 9.73. The first-order valence-corrected chi connectivity index (χ1v) is 9.48. The van der Waals surface area contributed by atoms with E-state index < -0.39 is 0 Å². The van der Waals surface area contributed by atoms with E-state index in [0.29, 0.717) is 5.02 Å². The Labute approximate surface area is 161 Å². The van der Waals surface area contributed by atoms with Crippen molar-refractivity contribution >= 4 is 34.2 Å². The second-order valence-electron chi connectivity index (χ2n) is 7.31. The van der Waals surface area contributed by atoms with Gasteiger partial charge in [0.15, 0.2) is 0 Å². The van der Waals surface area contributed by atoms with Crippen molar-refractivity contribution in [1.29, 1.82) is 0 Å². The lowest BCUT2D eigenvalue weighted by Crippen LogP contribution is -2.50. The van der Waals surface area contributed by atoms with Gasteiger partial charge >= 0.3 is 6.03 Å². The molecule has 0 bridgehead atoms. The molecule has 1 spiro atoms. The summed E-state index contributed by atoms with van der Waals surface area (Å²) in [7, 11) is 0. The number of H-pyrrole nitrogens is 1. The van der Waals surface area contributed by atoms with Gasteiger partial charge in [0.05, 0.1) is 23.4 Å². The van der Waals surface area contributed by atoms with Crippen molar-refractivity contribution in [1.82, 2.24) is 15.5 Å². The van der Waals surface area contributed by atoms with Gasteiger partial charge < -0.3 is 15.4 Å². The number of urea groups is 1. The van der Waals surface area contributed by atoms with Gasteiger partial charge in [-0.15, -0.1) is 0 Å². The number of amides is 2. The number of benzene rings is 2. The first-order chi connectivity index (χ1) is 13.1. The monoisotopic (exact) mass is 382 g/mol. The summed E-state index contributed by atoms with van der Waals surface area (Å²) in [5, 5.41) is 14.5. The molecule has 0 saturated heterocycles. The molecule has 2 aromatic carbocycles. The molecule has 3 aromatic rings. The zero-order valence-corrected chi connectivity index (χ0v) is 15.3. The van der Waals surface area contributed by atoms with Crippen molar-refractivity contribution in [2.24, 2.45) is 0 Å². The van der Waals surface area contributed by atoms with E-state index in [9.17, 15) is 4.79 Å². The van der Waals surface area contributed by atoms with Crippen LogP contribution < -0.4 is 15.4 Å². The molecule has 2 heterocycles. The van der Waals surface area contributed by atoms with E-state index in [1.807, 2.05) is 36.4 Å². The summed E-state index contributed by atoms with van der Waals surface area (Å²) in [5.41, 5.74) is 2.39. The number of rotatable bonds is 2. The fourth-order valence-electron chi connectivity index (χ4n) is 4.04.